The highest BCUT2D eigenvalue weighted by atomic mass is 32.2. The number of thioether (sulfide) groups is 1. The molecule has 0 saturated heterocycles. The number of hydrogen-bond acceptors (Lipinski definition) is 4. The van der Waals surface area contributed by atoms with Crippen LogP contribution < -0.4 is 10.5 Å². The van der Waals surface area contributed by atoms with Crippen molar-refractivity contribution >= 4 is 29.0 Å². The first-order chi connectivity index (χ1) is 21.6. The fourth-order valence-electron chi connectivity index (χ4n) is 7.02. The Balaban J connectivity index is 1.30. The molecule has 2 aliphatic carbocycles. The van der Waals surface area contributed by atoms with E-state index in [4.69, 9.17) is 4.98 Å². The molecule has 5 nitrogen and oxygen atoms in total. The maximum atomic E-state index is 14.7. The third kappa shape index (κ3) is 5.39. The summed E-state index contributed by atoms with van der Waals surface area (Å²) >= 11 is 1.36. The first-order valence-electron chi connectivity index (χ1n) is 15.5. The molecule has 4 aromatic carbocycles. The molecule has 0 bridgehead atoms. The van der Waals surface area contributed by atoms with Gasteiger partial charge in [0.25, 0.3) is 5.56 Å². The lowest BCUT2D eigenvalue weighted by Crippen LogP contribution is -2.40. The normalized spacial score (nSPS) is 14.6. The summed E-state index contributed by atoms with van der Waals surface area (Å²) in [5.41, 5.74) is 6.68. The Bertz CT molecular complexity index is 1790. The van der Waals surface area contributed by atoms with E-state index in [2.05, 4.69) is 30.3 Å². The van der Waals surface area contributed by atoms with Gasteiger partial charge < -0.3 is 0 Å². The third-order valence-corrected chi connectivity index (χ3v) is 10.1. The number of rotatable bonds is 8. The van der Waals surface area contributed by atoms with Gasteiger partial charge in [0, 0.05) is 28.9 Å². The van der Waals surface area contributed by atoms with E-state index >= 15 is 0 Å². The second kappa shape index (κ2) is 12.3. The molecule has 0 unspecified atom stereocenters. The van der Waals surface area contributed by atoms with E-state index in [1.165, 1.54) is 22.9 Å². The van der Waals surface area contributed by atoms with Crippen LogP contribution in [0.2, 0.25) is 0 Å². The van der Waals surface area contributed by atoms with Crippen LogP contribution in [0.5, 0.6) is 0 Å². The number of anilines is 2. The van der Waals surface area contributed by atoms with Crippen LogP contribution in [0.4, 0.5) is 11.4 Å². The molecule has 0 aliphatic heterocycles. The van der Waals surface area contributed by atoms with Gasteiger partial charge in [0.2, 0.25) is 5.91 Å². The maximum absolute atomic E-state index is 14.7. The van der Waals surface area contributed by atoms with Crippen molar-refractivity contribution in [2.75, 3.05) is 10.7 Å². The number of aryl methyl sites for hydroxylation is 1. The summed E-state index contributed by atoms with van der Waals surface area (Å²) < 4.78 is 1.85. The Kier molecular flexibility index (Phi) is 7.92. The van der Waals surface area contributed by atoms with Gasteiger partial charge in [-0.1, -0.05) is 116 Å². The number of aromatic nitrogens is 2. The minimum Gasteiger partial charge on any atom is -0.287 e. The van der Waals surface area contributed by atoms with Crippen LogP contribution in [0.1, 0.15) is 42.4 Å². The van der Waals surface area contributed by atoms with Crippen molar-refractivity contribution in [1.29, 1.82) is 0 Å². The molecule has 6 heteroatoms. The van der Waals surface area contributed by atoms with Crippen molar-refractivity contribution in [2.24, 2.45) is 0 Å². The number of carbonyl (C=O) groups excluding carboxylic acids is 1. The Morgan fingerprint density at radius 1 is 0.795 bits per heavy atom. The molecule has 1 saturated carbocycles. The van der Waals surface area contributed by atoms with E-state index < -0.39 is 0 Å². The van der Waals surface area contributed by atoms with Gasteiger partial charge in [-0.15, -0.1) is 0 Å². The molecular weight excluding hydrogens is 563 g/mol. The van der Waals surface area contributed by atoms with Gasteiger partial charge in [-0.25, -0.2) is 4.98 Å². The highest BCUT2D eigenvalue weighted by Gasteiger charge is 2.44. The van der Waals surface area contributed by atoms with Gasteiger partial charge in [0.15, 0.2) is 5.16 Å². The van der Waals surface area contributed by atoms with Gasteiger partial charge >= 0.3 is 0 Å². The lowest BCUT2D eigenvalue weighted by Gasteiger charge is -2.36. The topological polar surface area (TPSA) is 55.2 Å². The van der Waals surface area contributed by atoms with Crippen LogP contribution in [0.15, 0.2) is 125 Å². The number of fused-ring (bicyclic) bond motifs is 4. The Morgan fingerprint density at radius 3 is 2.05 bits per heavy atom. The van der Waals surface area contributed by atoms with Crippen molar-refractivity contribution in [3.05, 3.63) is 142 Å². The standard InChI is InChI=1S/C38H35N3O2S/c42-33(41(30-17-6-2-7-18-30)31-19-8-3-9-20-31)27-44-37-39-35-32-21-11-10-16-29(32)26-38(23-12-13-24-38)34(35)36(43)40(37)25-22-28-14-4-1-5-15-28/h1-11,14-21H,12-13,22-27H2. The van der Waals surface area contributed by atoms with Crippen LogP contribution in [0.25, 0.3) is 11.3 Å². The van der Waals surface area contributed by atoms with Crippen LogP contribution >= 0.6 is 11.8 Å². The maximum Gasteiger partial charge on any atom is 0.258 e. The Hall–Kier alpha value is -4.42. The zero-order valence-electron chi connectivity index (χ0n) is 24.7. The fraction of sp³-hybridized carbons (Fsp3) is 0.237. The zero-order valence-corrected chi connectivity index (χ0v) is 25.5. The smallest absolute Gasteiger partial charge is 0.258 e. The molecule has 7 rings (SSSR count). The summed E-state index contributed by atoms with van der Waals surface area (Å²) in [6.07, 6.45) is 5.89. The van der Waals surface area contributed by atoms with Crippen molar-refractivity contribution in [3.63, 3.8) is 0 Å². The summed E-state index contributed by atoms with van der Waals surface area (Å²) in [7, 11) is 0. The average molecular weight is 598 g/mol. The number of carbonyl (C=O) groups is 1. The van der Waals surface area contributed by atoms with Crippen molar-refractivity contribution in [2.45, 2.75) is 55.6 Å². The largest absolute Gasteiger partial charge is 0.287 e. The van der Waals surface area contributed by atoms with Crippen molar-refractivity contribution in [3.8, 4) is 11.3 Å². The van der Waals surface area contributed by atoms with E-state index in [0.29, 0.717) is 18.1 Å². The van der Waals surface area contributed by atoms with Crippen LogP contribution in [-0.2, 0) is 29.6 Å². The number of benzene rings is 4. The van der Waals surface area contributed by atoms with E-state index in [1.807, 2.05) is 89.5 Å². The third-order valence-electron chi connectivity index (χ3n) is 9.10. The van der Waals surface area contributed by atoms with Crippen molar-refractivity contribution in [1.82, 2.24) is 9.55 Å². The van der Waals surface area contributed by atoms with Gasteiger partial charge in [-0.05, 0) is 61.1 Å². The molecule has 1 spiro atoms. The molecule has 1 fully saturated rings. The van der Waals surface area contributed by atoms with Crippen LogP contribution in [0, 0.1) is 0 Å². The second-order valence-corrected chi connectivity index (χ2v) is 12.8. The Labute approximate surface area is 262 Å². The summed E-state index contributed by atoms with van der Waals surface area (Å²) in [4.78, 5) is 35.7. The monoisotopic (exact) mass is 597 g/mol. The number of hydrogen-bond donors (Lipinski definition) is 0. The van der Waals surface area contributed by atoms with E-state index in [1.54, 1.807) is 4.90 Å². The minimum absolute atomic E-state index is 0.0558. The number of amides is 1. The molecule has 0 radical (unpaired) electrons. The molecule has 1 amide bonds. The second-order valence-electron chi connectivity index (χ2n) is 11.8. The molecule has 44 heavy (non-hydrogen) atoms. The fourth-order valence-corrected chi connectivity index (χ4v) is 7.89. The number of para-hydroxylation sites is 2. The summed E-state index contributed by atoms with van der Waals surface area (Å²) in [6.45, 7) is 0.512. The van der Waals surface area contributed by atoms with Crippen LogP contribution in [-0.4, -0.2) is 21.2 Å². The molecule has 0 N–H and O–H groups in total. The minimum atomic E-state index is -0.168. The molecule has 2 aliphatic rings. The molecule has 1 heterocycles. The van der Waals surface area contributed by atoms with E-state index in [0.717, 1.165) is 60.3 Å². The zero-order chi connectivity index (χ0) is 29.9. The molecular formula is C38H35N3O2S. The van der Waals surface area contributed by atoms with Crippen molar-refractivity contribution < 1.29 is 4.79 Å². The van der Waals surface area contributed by atoms with E-state index in [9.17, 15) is 9.59 Å². The van der Waals surface area contributed by atoms with Gasteiger partial charge in [0.1, 0.15) is 0 Å². The summed E-state index contributed by atoms with van der Waals surface area (Å²) in [6, 6.07) is 38.1. The average Bonchev–Trinajstić information content (AvgIpc) is 3.53. The Morgan fingerprint density at radius 2 is 1.39 bits per heavy atom. The lowest BCUT2D eigenvalue weighted by molar-refractivity contribution is -0.115. The highest BCUT2D eigenvalue weighted by Crippen LogP contribution is 2.50. The molecule has 5 aromatic rings. The summed E-state index contributed by atoms with van der Waals surface area (Å²) in [5.74, 6) is 0.0781. The van der Waals surface area contributed by atoms with Gasteiger partial charge in [-0.3, -0.25) is 19.1 Å². The van der Waals surface area contributed by atoms with E-state index in [-0.39, 0.29) is 22.6 Å². The van der Waals surface area contributed by atoms with Gasteiger partial charge in [-0.2, -0.15) is 0 Å². The van der Waals surface area contributed by atoms with Gasteiger partial charge in [0.05, 0.1) is 17.0 Å². The molecule has 220 valence electrons. The quantitative estimate of drug-likeness (QED) is 0.134. The lowest BCUT2D eigenvalue weighted by atomic mass is 9.68. The SMILES string of the molecule is O=C(CSc1nc2c(c(=O)n1CCc1ccccc1)C1(CCCC1)Cc1ccccc1-2)N(c1ccccc1)c1ccccc1. The highest BCUT2D eigenvalue weighted by molar-refractivity contribution is 7.99. The number of nitrogens with zero attached hydrogens (tertiary/aromatic N) is 3. The first-order valence-corrected chi connectivity index (χ1v) is 16.4. The predicted molar refractivity (Wildman–Crippen MR) is 179 cm³/mol. The predicted octanol–water partition coefficient (Wildman–Crippen LogP) is 7.98. The van der Waals surface area contributed by atoms with Crippen LogP contribution in [0.3, 0.4) is 0 Å². The molecule has 0 atom stereocenters. The molecule has 1 aromatic heterocycles. The summed E-state index contributed by atoms with van der Waals surface area (Å²) in [5, 5.41) is 0.601. The first kappa shape index (κ1) is 28.4.